The Morgan fingerprint density at radius 2 is 0.958 bits per heavy atom. The van der Waals surface area contributed by atoms with E-state index >= 15 is 0 Å². The summed E-state index contributed by atoms with van der Waals surface area (Å²) in [4.78, 5) is 14.2. The van der Waals surface area contributed by atoms with Gasteiger partial charge in [0.05, 0.1) is 17.1 Å². The first kappa shape index (κ1) is 16.3. The Hall–Kier alpha value is -2.59. The monoisotopic (exact) mass is 319 g/mol. The van der Waals surface area contributed by atoms with E-state index < -0.39 is 5.60 Å². The summed E-state index contributed by atoms with van der Waals surface area (Å²) >= 11 is 0. The van der Waals surface area contributed by atoms with Crippen LogP contribution >= 0.6 is 0 Å². The number of hydrogen-bond donors (Lipinski definition) is 0. The fourth-order valence-corrected chi connectivity index (χ4v) is 2.92. The normalized spacial score (nSPS) is 11.5. The summed E-state index contributed by atoms with van der Waals surface area (Å²) in [5.41, 5.74) is 4.17. The number of pyridine rings is 3. The van der Waals surface area contributed by atoms with E-state index in [0.29, 0.717) is 0 Å². The Bertz CT molecular complexity index is 750. The molecule has 24 heavy (non-hydrogen) atoms. The first-order valence-corrected chi connectivity index (χ1v) is 7.94. The maximum absolute atomic E-state index is 6.07. The lowest BCUT2D eigenvalue weighted by molar-refractivity contribution is 0.0471. The SMILES string of the molecule is COC(c1cccc(C)n1)(c1cccc(C)n1)c1cccc(C)n1. The molecular weight excluding hydrogens is 298 g/mol. The highest BCUT2D eigenvalue weighted by molar-refractivity contribution is 5.40. The van der Waals surface area contributed by atoms with Crippen LogP contribution in [0.4, 0.5) is 0 Å². The molecule has 3 rings (SSSR count). The summed E-state index contributed by atoms with van der Waals surface area (Å²) < 4.78 is 6.07. The van der Waals surface area contributed by atoms with Gasteiger partial charge in [0.15, 0.2) is 5.60 Å². The topological polar surface area (TPSA) is 47.9 Å². The van der Waals surface area contributed by atoms with Crippen LogP contribution in [0, 0.1) is 20.8 Å². The summed E-state index contributed by atoms with van der Waals surface area (Å²) in [6.45, 7) is 5.91. The van der Waals surface area contributed by atoms with Crippen molar-refractivity contribution in [1.82, 2.24) is 15.0 Å². The number of ether oxygens (including phenoxy) is 1. The lowest BCUT2D eigenvalue weighted by atomic mass is 9.89. The van der Waals surface area contributed by atoms with Gasteiger partial charge in [0.25, 0.3) is 0 Å². The summed E-state index contributed by atoms with van der Waals surface area (Å²) in [6, 6.07) is 17.7. The average Bonchev–Trinajstić information content (AvgIpc) is 2.56. The molecule has 0 fully saturated rings. The Morgan fingerprint density at radius 1 is 0.625 bits per heavy atom. The zero-order valence-corrected chi connectivity index (χ0v) is 14.4. The van der Waals surface area contributed by atoms with Gasteiger partial charge >= 0.3 is 0 Å². The van der Waals surface area contributed by atoms with Crippen molar-refractivity contribution in [2.75, 3.05) is 7.11 Å². The van der Waals surface area contributed by atoms with Gasteiger partial charge in [-0.3, -0.25) is 15.0 Å². The second kappa shape index (κ2) is 6.49. The maximum atomic E-state index is 6.07. The predicted molar refractivity (Wildman–Crippen MR) is 93.8 cm³/mol. The zero-order valence-electron chi connectivity index (χ0n) is 14.4. The molecule has 0 saturated carbocycles. The largest absolute Gasteiger partial charge is 0.359 e. The van der Waals surface area contributed by atoms with Crippen molar-refractivity contribution in [2.45, 2.75) is 26.4 Å². The molecule has 0 aliphatic carbocycles. The highest BCUT2D eigenvalue weighted by Crippen LogP contribution is 2.37. The number of nitrogens with zero attached hydrogens (tertiary/aromatic N) is 3. The fourth-order valence-electron chi connectivity index (χ4n) is 2.92. The van der Waals surface area contributed by atoms with E-state index in [1.54, 1.807) is 7.11 Å². The van der Waals surface area contributed by atoms with E-state index in [-0.39, 0.29) is 0 Å². The molecule has 0 aromatic carbocycles. The van der Waals surface area contributed by atoms with Crippen LogP contribution in [0.1, 0.15) is 34.2 Å². The molecule has 0 amide bonds. The van der Waals surface area contributed by atoms with Crippen molar-refractivity contribution in [2.24, 2.45) is 0 Å². The molecule has 0 aliphatic rings. The minimum Gasteiger partial charge on any atom is -0.359 e. The van der Waals surface area contributed by atoms with Crippen molar-refractivity contribution < 1.29 is 4.74 Å². The van der Waals surface area contributed by atoms with E-state index in [0.717, 1.165) is 34.2 Å². The molecule has 4 heteroatoms. The van der Waals surface area contributed by atoms with Gasteiger partial charge in [-0.05, 0) is 57.2 Å². The van der Waals surface area contributed by atoms with E-state index in [1.807, 2.05) is 75.4 Å². The number of aromatic nitrogens is 3. The number of rotatable bonds is 4. The number of aryl methyl sites for hydroxylation is 3. The Kier molecular flexibility index (Phi) is 4.40. The second-order valence-corrected chi connectivity index (χ2v) is 5.88. The highest BCUT2D eigenvalue weighted by Gasteiger charge is 2.41. The smallest absolute Gasteiger partial charge is 0.193 e. The van der Waals surface area contributed by atoms with Crippen LogP contribution in [-0.2, 0) is 10.3 Å². The lowest BCUT2D eigenvalue weighted by Gasteiger charge is -2.31. The Balaban J connectivity index is 2.34. The minimum absolute atomic E-state index is 0.779. The van der Waals surface area contributed by atoms with Crippen molar-refractivity contribution in [3.05, 3.63) is 88.8 Å². The summed E-state index contributed by atoms with van der Waals surface area (Å²) in [5, 5.41) is 0. The molecule has 3 aromatic heterocycles. The maximum Gasteiger partial charge on any atom is 0.193 e. The first-order chi connectivity index (χ1) is 11.6. The second-order valence-electron chi connectivity index (χ2n) is 5.88. The molecule has 0 bridgehead atoms. The molecule has 0 saturated heterocycles. The third-order valence-corrected chi connectivity index (χ3v) is 4.05. The minimum atomic E-state index is -0.940. The van der Waals surface area contributed by atoms with E-state index in [9.17, 15) is 0 Å². The molecule has 122 valence electrons. The molecule has 4 nitrogen and oxygen atoms in total. The van der Waals surface area contributed by atoms with Gasteiger partial charge < -0.3 is 4.74 Å². The van der Waals surface area contributed by atoms with Crippen LogP contribution < -0.4 is 0 Å². The van der Waals surface area contributed by atoms with E-state index in [2.05, 4.69) is 0 Å². The number of methoxy groups -OCH3 is 1. The number of hydrogen-bond acceptors (Lipinski definition) is 4. The molecular formula is C20H21N3O. The van der Waals surface area contributed by atoms with Crippen LogP contribution in [0.3, 0.4) is 0 Å². The molecule has 0 atom stereocenters. The van der Waals surface area contributed by atoms with Gasteiger partial charge in [-0.2, -0.15) is 0 Å². The molecule has 3 aromatic rings. The van der Waals surface area contributed by atoms with Gasteiger partial charge in [-0.25, -0.2) is 0 Å². The average molecular weight is 319 g/mol. The summed E-state index contributed by atoms with van der Waals surface area (Å²) in [5.74, 6) is 0. The van der Waals surface area contributed by atoms with Gasteiger partial charge in [-0.1, -0.05) is 18.2 Å². The van der Waals surface area contributed by atoms with Crippen LogP contribution in [0.25, 0.3) is 0 Å². The molecule has 0 unspecified atom stereocenters. The Morgan fingerprint density at radius 3 is 1.21 bits per heavy atom. The van der Waals surface area contributed by atoms with Crippen LogP contribution in [-0.4, -0.2) is 22.1 Å². The molecule has 0 spiro atoms. The standard InChI is InChI=1S/C20H21N3O/c1-14-8-5-11-17(21-14)20(24-4,18-12-6-9-15(2)22-18)19-13-7-10-16(3)23-19/h5-13H,1-4H3. The quantitative estimate of drug-likeness (QED) is 0.735. The van der Waals surface area contributed by atoms with Crippen molar-refractivity contribution in [1.29, 1.82) is 0 Å². The first-order valence-electron chi connectivity index (χ1n) is 7.94. The van der Waals surface area contributed by atoms with Gasteiger partial charge in [-0.15, -0.1) is 0 Å². The third kappa shape index (κ3) is 2.81. The van der Waals surface area contributed by atoms with Crippen molar-refractivity contribution in [3.63, 3.8) is 0 Å². The van der Waals surface area contributed by atoms with Crippen molar-refractivity contribution >= 4 is 0 Å². The van der Waals surface area contributed by atoms with E-state index in [4.69, 9.17) is 19.7 Å². The highest BCUT2D eigenvalue weighted by atomic mass is 16.5. The molecule has 0 aliphatic heterocycles. The summed E-state index contributed by atoms with van der Waals surface area (Å²) in [7, 11) is 1.68. The summed E-state index contributed by atoms with van der Waals surface area (Å²) in [6.07, 6.45) is 0. The van der Waals surface area contributed by atoms with Crippen LogP contribution in [0.5, 0.6) is 0 Å². The van der Waals surface area contributed by atoms with Gasteiger partial charge in [0.1, 0.15) is 0 Å². The van der Waals surface area contributed by atoms with Crippen LogP contribution in [0.15, 0.2) is 54.6 Å². The van der Waals surface area contributed by atoms with Gasteiger partial charge in [0.2, 0.25) is 0 Å². The van der Waals surface area contributed by atoms with E-state index in [1.165, 1.54) is 0 Å². The molecule has 0 radical (unpaired) electrons. The Labute approximate surface area is 142 Å². The third-order valence-electron chi connectivity index (χ3n) is 4.05. The lowest BCUT2D eigenvalue weighted by Crippen LogP contribution is -2.35. The van der Waals surface area contributed by atoms with Crippen molar-refractivity contribution in [3.8, 4) is 0 Å². The molecule has 3 heterocycles. The zero-order chi connectivity index (χ0) is 17.2. The fraction of sp³-hybridized carbons (Fsp3) is 0.250. The van der Waals surface area contributed by atoms with Crippen LogP contribution in [0.2, 0.25) is 0 Å². The predicted octanol–water partition coefficient (Wildman–Crippen LogP) is 3.74. The van der Waals surface area contributed by atoms with Gasteiger partial charge in [0, 0.05) is 24.2 Å². The molecule has 0 N–H and O–H groups in total.